The summed E-state index contributed by atoms with van der Waals surface area (Å²) < 4.78 is 5.09. The van der Waals surface area contributed by atoms with Crippen molar-refractivity contribution in [2.45, 2.75) is 26.2 Å². The lowest BCUT2D eigenvalue weighted by Gasteiger charge is -2.34. The smallest absolute Gasteiger partial charge is 0.306 e. The minimum Gasteiger partial charge on any atom is -0.466 e. The number of hydrogen-bond acceptors (Lipinski definition) is 5. The number of ether oxygens (including phenoxy) is 1. The fraction of sp³-hybridized carbons (Fsp3) is 0.333. The van der Waals surface area contributed by atoms with Gasteiger partial charge in [0.15, 0.2) is 0 Å². The molecule has 3 rings (SSSR count). The van der Waals surface area contributed by atoms with E-state index in [0.29, 0.717) is 18.6 Å². The van der Waals surface area contributed by atoms with Crippen LogP contribution in [0.15, 0.2) is 42.5 Å². The second kappa shape index (κ2) is 9.73. The Balaban J connectivity index is 1.83. The van der Waals surface area contributed by atoms with Gasteiger partial charge >= 0.3 is 5.97 Å². The van der Waals surface area contributed by atoms with Crippen molar-refractivity contribution in [1.82, 2.24) is 0 Å². The zero-order chi connectivity index (χ0) is 20.6. The van der Waals surface area contributed by atoms with E-state index < -0.39 is 0 Å². The maximum absolute atomic E-state index is 11.8. The summed E-state index contributed by atoms with van der Waals surface area (Å²) in [6.07, 6.45) is 3.91. The van der Waals surface area contributed by atoms with Crippen LogP contribution in [0.5, 0.6) is 0 Å². The largest absolute Gasteiger partial charge is 0.466 e. The minimum absolute atomic E-state index is 0.139. The molecule has 1 unspecified atom stereocenters. The van der Waals surface area contributed by atoms with Crippen molar-refractivity contribution < 1.29 is 14.3 Å². The van der Waals surface area contributed by atoms with Gasteiger partial charge in [-0.15, -0.1) is 0 Å². The van der Waals surface area contributed by atoms with Gasteiger partial charge in [-0.25, -0.2) is 4.79 Å². The first-order valence-corrected chi connectivity index (χ1v) is 9.90. The maximum Gasteiger partial charge on any atom is 0.306 e. The van der Waals surface area contributed by atoms with Gasteiger partial charge < -0.3 is 9.64 Å². The van der Waals surface area contributed by atoms with E-state index in [1.807, 2.05) is 43.2 Å². The Labute approximate surface area is 171 Å². The Hall–Kier alpha value is -3.35. The average Bonchev–Trinajstić information content (AvgIpc) is 2.74. The summed E-state index contributed by atoms with van der Waals surface area (Å²) >= 11 is 0. The summed E-state index contributed by atoms with van der Waals surface area (Å²) in [5.41, 5.74) is 4.27. The Morgan fingerprint density at radius 2 is 2.07 bits per heavy atom. The lowest BCUT2D eigenvalue weighted by Crippen LogP contribution is -2.36. The first kappa shape index (κ1) is 20.4. The number of hydrogen-bond donors (Lipinski definition) is 0. The third kappa shape index (κ3) is 5.13. The van der Waals surface area contributed by atoms with Gasteiger partial charge in [-0.05, 0) is 66.6 Å². The first-order chi connectivity index (χ1) is 14.1. The molecule has 5 heteroatoms. The summed E-state index contributed by atoms with van der Waals surface area (Å²) in [5, 5.41) is 8.98. The van der Waals surface area contributed by atoms with E-state index in [1.165, 1.54) is 6.08 Å². The highest BCUT2D eigenvalue weighted by atomic mass is 16.5. The predicted octanol–water partition coefficient (Wildman–Crippen LogP) is 4.24. The van der Waals surface area contributed by atoms with Gasteiger partial charge in [-0.3, -0.25) is 4.79 Å². The van der Waals surface area contributed by atoms with Gasteiger partial charge in [0.2, 0.25) is 0 Å². The first-order valence-electron chi connectivity index (χ1n) is 9.90. The Morgan fingerprint density at radius 1 is 1.28 bits per heavy atom. The van der Waals surface area contributed by atoms with Crippen LogP contribution in [0, 0.1) is 17.2 Å². The van der Waals surface area contributed by atoms with Gasteiger partial charge in [0.1, 0.15) is 5.94 Å². The van der Waals surface area contributed by atoms with Crippen LogP contribution in [0.2, 0.25) is 0 Å². The molecule has 1 atom stereocenters. The minimum atomic E-state index is -0.139. The van der Waals surface area contributed by atoms with Crippen LogP contribution >= 0.6 is 0 Å². The number of piperidine rings is 1. The van der Waals surface area contributed by atoms with Crippen molar-refractivity contribution >= 4 is 23.7 Å². The molecular formula is C24H24N2O3. The van der Waals surface area contributed by atoms with Crippen molar-refractivity contribution in [2.75, 3.05) is 24.6 Å². The van der Waals surface area contributed by atoms with E-state index in [-0.39, 0.29) is 11.9 Å². The fourth-order valence-corrected chi connectivity index (χ4v) is 3.84. The van der Waals surface area contributed by atoms with E-state index in [0.717, 1.165) is 48.3 Å². The summed E-state index contributed by atoms with van der Waals surface area (Å²) in [4.78, 5) is 25.2. The second-order valence-electron chi connectivity index (χ2n) is 7.19. The maximum atomic E-state index is 11.8. The number of anilines is 1. The normalized spacial score (nSPS) is 15.9. The molecule has 0 radical (unpaired) electrons. The molecule has 1 saturated heterocycles. The topological polar surface area (TPSA) is 70.4 Å². The SMILES string of the molecule is CCOC(=O)CC1CCCN(c2ccc(-c3ccc(C#N)cc3)c(C=C=O)c2)C1. The van der Waals surface area contributed by atoms with Crippen LogP contribution in [0.1, 0.15) is 37.3 Å². The molecule has 0 saturated carbocycles. The van der Waals surface area contributed by atoms with E-state index in [2.05, 4.69) is 11.0 Å². The van der Waals surface area contributed by atoms with Crippen molar-refractivity contribution in [3.63, 3.8) is 0 Å². The van der Waals surface area contributed by atoms with E-state index in [4.69, 9.17) is 10.00 Å². The monoisotopic (exact) mass is 388 g/mol. The molecule has 1 heterocycles. The second-order valence-corrected chi connectivity index (χ2v) is 7.19. The number of esters is 1. The number of carbonyl (C=O) groups is 1. The van der Waals surface area contributed by atoms with Gasteiger partial charge in [0.05, 0.1) is 24.7 Å². The van der Waals surface area contributed by atoms with Crippen LogP contribution in [0.3, 0.4) is 0 Å². The molecule has 1 fully saturated rings. The van der Waals surface area contributed by atoms with Gasteiger partial charge in [0, 0.05) is 24.9 Å². The average molecular weight is 388 g/mol. The summed E-state index contributed by atoms with van der Waals surface area (Å²) in [5.74, 6) is 2.02. The summed E-state index contributed by atoms with van der Waals surface area (Å²) in [7, 11) is 0. The molecule has 0 amide bonds. The van der Waals surface area contributed by atoms with Crippen LogP contribution in [0.25, 0.3) is 17.2 Å². The molecule has 0 spiro atoms. The van der Waals surface area contributed by atoms with Crippen LogP contribution in [-0.2, 0) is 14.3 Å². The van der Waals surface area contributed by atoms with Crippen LogP contribution in [-0.4, -0.2) is 31.6 Å². The Morgan fingerprint density at radius 3 is 2.76 bits per heavy atom. The fourth-order valence-electron chi connectivity index (χ4n) is 3.84. The van der Waals surface area contributed by atoms with Crippen LogP contribution in [0.4, 0.5) is 5.69 Å². The van der Waals surface area contributed by atoms with Crippen LogP contribution < -0.4 is 4.90 Å². The highest BCUT2D eigenvalue weighted by Crippen LogP contribution is 2.31. The predicted molar refractivity (Wildman–Crippen MR) is 113 cm³/mol. The molecule has 0 N–H and O–H groups in total. The van der Waals surface area contributed by atoms with E-state index in [1.54, 1.807) is 12.1 Å². The highest BCUT2D eigenvalue weighted by molar-refractivity contribution is 5.86. The zero-order valence-corrected chi connectivity index (χ0v) is 16.6. The standard InChI is InChI=1S/C24H24N2O3/c1-2-29-24(28)14-19-4-3-12-26(17-19)22-9-10-23(21(15-22)11-13-27)20-7-5-18(16-25)6-8-20/h5-11,15,19H,2-4,12,14,17H2,1H3. The van der Waals surface area contributed by atoms with Gasteiger partial charge in [0.25, 0.3) is 0 Å². The zero-order valence-electron chi connectivity index (χ0n) is 16.6. The molecule has 0 aromatic heterocycles. The Kier molecular flexibility index (Phi) is 6.84. The molecule has 148 valence electrons. The number of nitrogens with zero attached hydrogens (tertiary/aromatic N) is 2. The van der Waals surface area contributed by atoms with Gasteiger partial charge in [-0.1, -0.05) is 18.2 Å². The van der Waals surface area contributed by atoms with Crippen molar-refractivity contribution in [1.29, 1.82) is 5.26 Å². The molecule has 0 aliphatic carbocycles. The molecule has 2 aromatic carbocycles. The molecule has 5 nitrogen and oxygen atoms in total. The number of nitriles is 1. The van der Waals surface area contributed by atoms with Gasteiger partial charge in [-0.2, -0.15) is 5.26 Å². The molecule has 29 heavy (non-hydrogen) atoms. The third-order valence-electron chi connectivity index (χ3n) is 5.22. The number of carbonyl (C=O) groups excluding carboxylic acids is 2. The third-order valence-corrected chi connectivity index (χ3v) is 5.22. The summed E-state index contributed by atoms with van der Waals surface area (Å²) in [6.45, 7) is 3.94. The molecule has 2 aromatic rings. The lowest BCUT2D eigenvalue weighted by atomic mass is 9.93. The number of rotatable bonds is 6. The van der Waals surface area contributed by atoms with Crippen molar-refractivity contribution in [3.05, 3.63) is 53.6 Å². The quantitative estimate of drug-likeness (QED) is 0.547. The Bertz CT molecular complexity index is 953. The molecular weight excluding hydrogens is 364 g/mol. The van der Waals surface area contributed by atoms with Crippen molar-refractivity contribution in [2.24, 2.45) is 5.92 Å². The summed E-state index contributed by atoms with van der Waals surface area (Å²) in [6, 6.07) is 15.4. The number of benzene rings is 2. The van der Waals surface area contributed by atoms with E-state index >= 15 is 0 Å². The lowest BCUT2D eigenvalue weighted by molar-refractivity contribution is -0.144. The molecule has 0 bridgehead atoms. The van der Waals surface area contributed by atoms with Crippen molar-refractivity contribution in [3.8, 4) is 17.2 Å². The van der Waals surface area contributed by atoms with E-state index in [9.17, 15) is 9.59 Å². The highest BCUT2D eigenvalue weighted by Gasteiger charge is 2.23. The molecule has 1 aliphatic rings. The molecule has 1 aliphatic heterocycles.